The Labute approximate surface area is 138 Å². The number of para-hydroxylation sites is 1. The minimum Gasteiger partial charge on any atom is -0.352 e. The molecule has 0 bridgehead atoms. The zero-order valence-corrected chi connectivity index (χ0v) is 13.3. The average molecular weight is 324 g/mol. The number of aromatic nitrogens is 2. The highest BCUT2D eigenvalue weighted by atomic mass is 16.5. The third-order valence-corrected chi connectivity index (χ3v) is 3.39. The number of amides is 2. The van der Waals surface area contributed by atoms with Crippen molar-refractivity contribution in [2.45, 2.75) is 13.8 Å². The molecule has 2 aromatic heterocycles. The highest BCUT2D eigenvalue weighted by Gasteiger charge is 2.16. The van der Waals surface area contributed by atoms with Gasteiger partial charge in [0.05, 0.1) is 16.8 Å². The third-order valence-electron chi connectivity index (χ3n) is 3.39. The molecule has 2 amide bonds. The number of carbonyl (C=O) groups excluding carboxylic acids is 2. The molecule has 2 N–H and O–H groups in total. The maximum Gasteiger partial charge on any atom is 0.295 e. The molecule has 1 aromatic carbocycles. The number of rotatable bonds is 4. The first-order valence-corrected chi connectivity index (χ1v) is 7.51. The molecule has 0 aliphatic rings. The molecule has 2 heterocycles. The topological polar surface area (TPSA) is 97.1 Å². The van der Waals surface area contributed by atoms with Crippen LogP contribution in [0.1, 0.15) is 33.5 Å². The number of nitrogens with zero attached hydrogens (tertiary/aromatic N) is 2. The molecule has 3 rings (SSSR count). The molecule has 0 saturated carbocycles. The van der Waals surface area contributed by atoms with Crippen molar-refractivity contribution in [3.05, 3.63) is 53.4 Å². The van der Waals surface area contributed by atoms with Crippen molar-refractivity contribution >= 4 is 28.5 Å². The zero-order chi connectivity index (χ0) is 17.1. The number of aryl methyl sites for hydroxylation is 1. The molecule has 122 valence electrons. The van der Waals surface area contributed by atoms with E-state index in [4.69, 9.17) is 4.52 Å². The van der Waals surface area contributed by atoms with Gasteiger partial charge >= 0.3 is 0 Å². The van der Waals surface area contributed by atoms with E-state index in [-0.39, 0.29) is 17.5 Å². The normalized spacial score (nSPS) is 10.6. The van der Waals surface area contributed by atoms with Crippen LogP contribution in [0, 0.1) is 6.92 Å². The molecule has 3 aromatic rings. The first kappa shape index (κ1) is 15.7. The summed E-state index contributed by atoms with van der Waals surface area (Å²) in [5.74, 6) is -0.335. The van der Waals surface area contributed by atoms with E-state index in [1.54, 1.807) is 19.1 Å². The fraction of sp³-hybridized carbons (Fsp3) is 0.176. The van der Waals surface area contributed by atoms with Crippen molar-refractivity contribution in [2.75, 3.05) is 11.9 Å². The molecule has 0 unspecified atom stereocenters. The number of anilines is 1. The SMILES string of the molecule is CCNC(=O)c1cc(NC(=O)c2cc(C)no2)nc2ccccc12. The number of hydrogen-bond donors (Lipinski definition) is 2. The maximum absolute atomic E-state index is 12.3. The van der Waals surface area contributed by atoms with Gasteiger partial charge in [-0.1, -0.05) is 23.4 Å². The van der Waals surface area contributed by atoms with Gasteiger partial charge in [-0.2, -0.15) is 0 Å². The lowest BCUT2D eigenvalue weighted by Gasteiger charge is -2.09. The number of nitrogens with one attached hydrogen (secondary N) is 2. The number of carbonyl (C=O) groups is 2. The van der Waals surface area contributed by atoms with Gasteiger partial charge in [0.1, 0.15) is 5.82 Å². The van der Waals surface area contributed by atoms with Gasteiger partial charge in [0.15, 0.2) is 0 Å². The van der Waals surface area contributed by atoms with Crippen molar-refractivity contribution in [3.63, 3.8) is 0 Å². The second kappa shape index (κ2) is 6.49. The molecule has 0 saturated heterocycles. The van der Waals surface area contributed by atoms with Gasteiger partial charge in [-0.3, -0.25) is 9.59 Å². The van der Waals surface area contributed by atoms with Gasteiger partial charge in [0.25, 0.3) is 11.8 Å². The molecule has 0 atom stereocenters. The number of fused-ring (bicyclic) bond motifs is 1. The fourth-order valence-corrected chi connectivity index (χ4v) is 2.33. The molecule has 0 aliphatic heterocycles. The van der Waals surface area contributed by atoms with Crippen LogP contribution in [0.4, 0.5) is 5.82 Å². The largest absolute Gasteiger partial charge is 0.352 e. The van der Waals surface area contributed by atoms with Crippen LogP contribution in [0.25, 0.3) is 10.9 Å². The van der Waals surface area contributed by atoms with Gasteiger partial charge < -0.3 is 15.2 Å². The van der Waals surface area contributed by atoms with E-state index in [1.165, 1.54) is 6.07 Å². The summed E-state index contributed by atoms with van der Waals surface area (Å²) in [6.45, 7) is 4.08. The van der Waals surface area contributed by atoms with Crippen LogP contribution in [0.3, 0.4) is 0 Å². The Bertz CT molecular complexity index is 917. The van der Waals surface area contributed by atoms with Gasteiger partial charge in [0.2, 0.25) is 5.76 Å². The summed E-state index contributed by atoms with van der Waals surface area (Å²) in [5, 5.41) is 9.80. The lowest BCUT2D eigenvalue weighted by Crippen LogP contribution is -2.23. The van der Waals surface area contributed by atoms with E-state index in [2.05, 4.69) is 20.8 Å². The molecule has 0 aliphatic carbocycles. The molecule has 0 spiro atoms. The summed E-state index contributed by atoms with van der Waals surface area (Å²) in [4.78, 5) is 28.9. The predicted octanol–water partition coefficient (Wildman–Crippen LogP) is 2.53. The second-order valence-electron chi connectivity index (χ2n) is 5.22. The smallest absolute Gasteiger partial charge is 0.295 e. The minimum atomic E-state index is -0.472. The standard InChI is InChI=1S/C17H16N4O3/c1-3-18-16(22)12-9-15(19-13-7-5-4-6-11(12)13)20-17(23)14-8-10(2)21-24-14/h4-9H,3H2,1-2H3,(H,18,22)(H,19,20,23). The van der Waals surface area contributed by atoms with E-state index in [0.29, 0.717) is 23.3 Å². The Morgan fingerprint density at radius 1 is 1.17 bits per heavy atom. The van der Waals surface area contributed by atoms with Crippen LogP contribution in [0.5, 0.6) is 0 Å². The lowest BCUT2D eigenvalue weighted by molar-refractivity contribution is 0.0954. The van der Waals surface area contributed by atoms with E-state index >= 15 is 0 Å². The zero-order valence-electron chi connectivity index (χ0n) is 13.3. The van der Waals surface area contributed by atoms with Crippen LogP contribution in [-0.4, -0.2) is 28.5 Å². The van der Waals surface area contributed by atoms with Gasteiger partial charge in [-0.25, -0.2) is 4.98 Å². The van der Waals surface area contributed by atoms with E-state index in [0.717, 1.165) is 5.39 Å². The van der Waals surface area contributed by atoms with Gasteiger partial charge in [0, 0.05) is 18.0 Å². The molecule has 0 fully saturated rings. The first-order chi connectivity index (χ1) is 11.6. The van der Waals surface area contributed by atoms with Crippen molar-refractivity contribution in [3.8, 4) is 0 Å². The number of hydrogen-bond acceptors (Lipinski definition) is 5. The summed E-state index contributed by atoms with van der Waals surface area (Å²) in [6.07, 6.45) is 0. The summed E-state index contributed by atoms with van der Waals surface area (Å²) < 4.78 is 4.93. The summed E-state index contributed by atoms with van der Waals surface area (Å²) in [7, 11) is 0. The van der Waals surface area contributed by atoms with Crippen LogP contribution in [0.2, 0.25) is 0 Å². The van der Waals surface area contributed by atoms with Crippen LogP contribution in [0.15, 0.2) is 40.9 Å². The van der Waals surface area contributed by atoms with Crippen molar-refractivity contribution < 1.29 is 14.1 Å². The first-order valence-electron chi connectivity index (χ1n) is 7.51. The van der Waals surface area contributed by atoms with Crippen molar-refractivity contribution in [2.24, 2.45) is 0 Å². The van der Waals surface area contributed by atoms with Crippen LogP contribution >= 0.6 is 0 Å². The van der Waals surface area contributed by atoms with Crippen LogP contribution < -0.4 is 10.6 Å². The second-order valence-corrected chi connectivity index (χ2v) is 5.22. The predicted molar refractivity (Wildman–Crippen MR) is 88.9 cm³/mol. The molecule has 0 radical (unpaired) electrons. The summed E-state index contributed by atoms with van der Waals surface area (Å²) >= 11 is 0. The quantitative estimate of drug-likeness (QED) is 0.768. The Balaban J connectivity index is 1.99. The average Bonchev–Trinajstić information content (AvgIpc) is 3.01. The monoisotopic (exact) mass is 324 g/mol. The lowest BCUT2D eigenvalue weighted by atomic mass is 10.1. The Morgan fingerprint density at radius 3 is 2.67 bits per heavy atom. The fourth-order valence-electron chi connectivity index (χ4n) is 2.33. The highest BCUT2D eigenvalue weighted by Crippen LogP contribution is 2.21. The molecule has 24 heavy (non-hydrogen) atoms. The van der Waals surface area contributed by atoms with Gasteiger partial charge in [-0.15, -0.1) is 0 Å². The van der Waals surface area contributed by atoms with Crippen LogP contribution in [-0.2, 0) is 0 Å². The van der Waals surface area contributed by atoms with Crippen molar-refractivity contribution in [1.29, 1.82) is 0 Å². The van der Waals surface area contributed by atoms with Crippen molar-refractivity contribution in [1.82, 2.24) is 15.5 Å². The van der Waals surface area contributed by atoms with Gasteiger partial charge in [-0.05, 0) is 26.0 Å². The molecule has 7 heteroatoms. The minimum absolute atomic E-state index is 0.0852. The van der Waals surface area contributed by atoms with E-state index < -0.39 is 5.91 Å². The third kappa shape index (κ3) is 3.10. The highest BCUT2D eigenvalue weighted by molar-refractivity contribution is 6.08. The Morgan fingerprint density at radius 2 is 1.96 bits per heavy atom. The number of benzene rings is 1. The summed E-state index contributed by atoms with van der Waals surface area (Å²) in [6, 6.07) is 10.3. The maximum atomic E-state index is 12.3. The Kier molecular flexibility index (Phi) is 4.24. The Hall–Kier alpha value is -3.22. The number of pyridine rings is 1. The van der Waals surface area contributed by atoms with E-state index in [9.17, 15) is 9.59 Å². The molecular formula is C17H16N4O3. The molecular weight excluding hydrogens is 308 g/mol. The van der Waals surface area contributed by atoms with E-state index in [1.807, 2.05) is 25.1 Å². The molecule has 7 nitrogen and oxygen atoms in total. The summed E-state index contributed by atoms with van der Waals surface area (Å²) in [5.41, 5.74) is 1.67.